The lowest BCUT2D eigenvalue weighted by atomic mass is 9.96. The van der Waals surface area contributed by atoms with Gasteiger partial charge in [0.1, 0.15) is 0 Å². The second-order valence-electron chi connectivity index (χ2n) is 7.92. The first-order chi connectivity index (χ1) is 14.2. The Morgan fingerprint density at radius 1 is 1.07 bits per heavy atom. The van der Waals surface area contributed by atoms with E-state index in [0.717, 1.165) is 80.4 Å². The average molecular weight is 396 g/mol. The number of nitrogens with zero attached hydrogens (tertiary/aromatic N) is 3. The van der Waals surface area contributed by atoms with Crippen molar-refractivity contribution in [2.75, 3.05) is 32.8 Å². The molecular weight excluding hydrogens is 366 g/mol. The summed E-state index contributed by atoms with van der Waals surface area (Å²) in [5, 5.41) is 0.802. The first-order valence-corrected chi connectivity index (χ1v) is 10.7. The number of esters is 1. The molecule has 0 unspecified atom stereocenters. The van der Waals surface area contributed by atoms with Gasteiger partial charge in [-0.15, -0.1) is 0 Å². The summed E-state index contributed by atoms with van der Waals surface area (Å²) in [5.41, 5.74) is 3.30. The van der Waals surface area contributed by atoms with Crippen LogP contribution in [0.15, 0.2) is 24.3 Å². The number of aromatic nitrogens is 1. The molecule has 0 radical (unpaired) electrons. The molecule has 1 saturated heterocycles. The maximum atomic E-state index is 13.1. The molecule has 1 fully saturated rings. The Balaban J connectivity index is 1.58. The van der Waals surface area contributed by atoms with Crippen LogP contribution in [0.2, 0.25) is 0 Å². The number of likely N-dealkylation sites (N-methyl/N-ethyl adjacent to an activating group) is 1. The maximum absolute atomic E-state index is 13.1. The summed E-state index contributed by atoms with van der Waals surface area (Å²) in [4.78, 5) is 34.6. The van der Waals surface area contributed by atoms with Crippen molar-refractivity contribution in [2.45, 2.75) is 45.6 Å². The summed E-state index contributed by atoms with van der Waals surface area (Å²) in [6, 6.07) is 7.69. The van der Waals surface area contributed by atoms with Gasteiger partial charge in [0.15, 0.2) is 6.61 Å². The van der Waals surface area contributed by atoms with Gasteiger partial charge in [-0.05, 0) is 25.5 Å². The summed E-state index contributed by atoms with van der Waals surface area (Å²) in [6.07, 6.45) is 5.18. The van der Waals surface area contributed by atoms with Crippen molar-refractivity contribution in [1.29, 1.82) is 0 Å². The maximum Gasteiger partial charge on any atom is 0.339 e. The van der Waals surface area contributed by atoms with Gasteiger partial charge in [0.2, 0.25) is 0 Å². The molecule has 29 heavy (non-hydrogen) atoms. The number of carbonyl (C=O) groups excluding carboxylic acids is 2. The van der Waals surface area contributed by atoms with Gasteiger partial charge in [-0.25, -0.2) is 4.79 Å². The molecule has 0 saturated carbocycles. The van der Waals surface area contributed by atoms with E-state index in [1.165, 1.54) is 0 Å². The van der Waals surface area contributed by atoms with Crippen LogP contribution >= 0.6 is 0 Å². The third-order valence-corrected chi connectivity index (χ3v) is 6.06. The fraction of sp³-hybridized carbons (Fsp3) is 0.522. The van der Waals surface area contributed by atoms with Crippen molar-refractivity contribution < 1.29 is 14.3 Å². The van der Waals surface area contributed by atoms with Crippen molar-refractivity contribution in [3.63, 3.8) is 0 Å². The summed E-state index contributed by atoms with van der Waals surface area (Å²) in [5.74, 6) is -0.511. The molecule has 2 aromatic rings. The summed E-state index contributed by atoms with van der Waals surface area (Å²) < 4.78 is 5.55. The molecule has 1 amide bonds. The Morgan fingerprint density at radius 3 is 2.59 bits per heavy atom. The van der Waals surface area contributed by atoms with Crippen molar-refractivity contribution in [3.05, 3.63) is 41.1 Å². The zero-order chi connectivity index (χ0) is 20.2. The molecule has 0 spiro atoms. The van der Waals surface area contributed by atoms with E-state index < -0.39 is 5.97 Å². The van der Waals surface area contributed by atoms with Crippen LogP contribution in [0.5, 0.6) is 0 Å². The number of rotatable bonds is 4. The van der Waals surface area contributed by atoms with E-state index in [-0.39, 0.29) is 12.5 Å². The Hall–Kier alpha value is -2.47. The molecule has 2 aliphatic heterocycles. The highest BCUT2D eigenvalue weighted by Crippen LogP contribution is 2.28. The van der Waals surface area contributed by atoms with Gasteiger partial charge in [-0.2, -0.15) is 0 Å². The van der Waals surface area contributed by atoms with E-state index in [9.17, 15) is 9.59 Å². The van der Waals surface area contributed by atoms with E-state index in [2.05, 4.69) is 11.8 Å². The fourth-order valence-corrected chi connectivity index (χ4v) is 4.36. The highest BCUT2D eigenvalue weighted by molar-refractivity contribution is 6.05. The topological polar surface area (TPSA) is 62.7 Å². The molecule has 3 heterocycles. The largest absolute Gasteiger partial charge is 0.452 e. The number of carbonyl (C=O) groups is 2. The third-order valence-electron chi connectivity index (χ3n) is 6.06. The van der Waals surface area contributed by atoms with Crippen LogP contribution in [0, 0.1) is 0 Å². The smallest absolute Gasteiger partial charge is 0.339 e. The lowest BCUT2D eigenvalue weighted by Crippen LogP contribution is -2.36. The predicted octanol–water partition coefficient (Wildman–Crippen LogP) is 3.17. The normalized spacial score (nSPS) is 17.6. The average Bonchev–Trinajstić information content (AvgIpc) is 3.05. The van der Waals surface area contributed by atoms with Crippen LogP contribution in [-0.4, -0.2) is 59.4 Å². The molecule has 0 N–H and O–H groups in total. The lowest BCUT2D eigenvalue weighted by Gasteiger charge is -2.29. The first-order valence-electron chi connectivity index (χ1n) is 10.7. The number of amides is 1. The van der Waals surface area contributed by atoms with Crippen LogP contribution in [-0.2, 0) is 22.5 Å². The van der Waals surface area contributed by atoms with Gasteiger partial charge >= 0.3 is 5.97 Å². The number of pyridine rings is 1. The van der Waals surface area contributed by atoms with Crippen LogP contribution < -0.4 is 0 Å². The van der Waals surface area contributed by atoms with E-state index in [1.807, 2.05) is 29.2 Å². The minimum Gasteiger partial charge on any atom is -0.452 e. The molecule has 0 bridgehead atoms. The standard InChI is InChI=1S/C23H29N3O3/c1-2-25-14-11-20-18(15-25)22(17-9-5-6-10-19(17)24-20)23(28)29-16-21(27)26-12-7-3-4-8-13-26/h5-6,9-10H,2-4,7-8,11-16H2,1H3. The molecule has 0 aliphatic carbocycles. The first kappa shape index (κ1) is 19.8. The Morgan fingerprint density at radius 2 is 1.83 bits per heavy atom. The highest BCUT2D eigenvalue weighted by atomic mass is 16.5. The number of para-hydroxylation sites is 1. The van der Waals surface area contributed by atoms with Crippen LogP contribution in [0.25, 0.3) is 10.9 Å². The van der Waals surface area contributed by atoms with E-state index >= 15 is 0 Å². The number of fused-ring (bicyclic) bond motifs is 2. The number of hydrogen-bond donors (Lipinski definition) is 0. The monoisotopic (exact) mass is 395 g/mol. The van der Waals surface area contributed by atoms with Crippen molar-refractivity contribution >= 4 is 22.8 Å². The molecule has 4 rings (SSSR count). The van der Waals surface area contributed by atoms with Crippen molar-refractivity contribution in [3.8, 4) is 0 Å². The number of ether oxygens (including phenoxy) is 1. The molecule has 2 aliphatic rings. The fourth-order valence-electron chi connectivity index (χ4n) is 4.36. The van der Waals surface area contributed by atoms with Gasteiger partial charge in [0, 0.05) is 49.2 Å². The second-order valence-corrected chi connectivity index (χ2v) is 7.92. The third kappa shape index (κ3) is 4.27. The molecular formula is C23H29N3O3. The number of likely N-dealkylation sites (tertiary alicyclic amines) is 1. The zero-order valence-corrected chi connectivity index (χ0v) is 17.2. The van der Waals surface area contributed by atoms with E-state index in [4.69, 9.17) is 9.72 Å². The minimum atomic E-state index is -0.416. The van der Waals surface area contributed by atoms with Gasteiger partial charge in [0.25, 0.3) is 5.91 Å². The molecule has 154 valence electrons. The molecule has 6 nitrogen and oxygen atoms in total. The Bertz CT molecular complexity index is 904. The quantitative estimate of drug-likeness (QED) is 0.744. The molecule has 1 aromatic carbocycles. The van der Waals surface area contributed by atoms with E-state index in [1.54, 1.807) is 0 Å². The molecule has 6 heteroatoms. The van der Waals surface area contributed by atoms with E-state index in [0.29, 0.717) is 12.1 Å². The van der Waals surface area contributed by atoms with Gasteiger partial charge in [0.05, 0.1) is 11.1 Å². The van der Waals surface area contributed by atoms with Crippen LogP contribution in [0.1, 0.15) is 54.2 Å². The summed E-state index contributed by atoms with van der Waals surface area (Å²) >= 11 is 0. The summed E-state index contributed by atoms with van der Waals surface area (Å²) in [6.45, 7) is 6.00. The number of benzene rings is 1. The van der Waals surface area contributed by atoms with Gasteiger partial charge in [-0.1, -0.05) is 38.0 Å². The highest BCUT2D eigenvalue weighted by Gasteiger charge is 2.27. The van der Waals surface area contributed by atoms with Crippen LogP contribution in [0.4, 0.5) is 0 Å². The van der Waals surface area contributed by atoms with Crippen LogP contribution in [0.3, 0.4) is 0 Å². The van der Waals surface area contributed by atoms with Crippen molar-refractivity contribution in [1.82, 2.24) is 14.8 Å². The SMILES string of the molecule is CCN1CCc2nc3ccccc3c(C(=O)OCC(=O)N3CCCCCC3)c2C1. The van der Waals surface area contributed by atoms with Gasteiger partial charge < -0.3 is 9.64 Å². The van der Waals surface area contributed by atoms with Gasteiger partial charge in [-0.3, -0.25) is 14.7 Å². The molecule has 1 aromatic heterocycles. The lowest BCUT2D eigenvalue weighted by molar-refractivity contribution is -0.134. The summed E-state index contributed by atoms with van der Waals surface area (Å²) in [7, 11) is 0. The number of hydrogen-bond acceptors (Lipinski definition) is 5. The predicted molar refractivity (Wildman–Crippen MR) is 112 cm³/mol. The second kappa shape index (κ2) is 8.91. The molecule has 0 atom stereocenters. The zero-order valence-electron chi connectivity index (χ0n) is 17.2. The Labute approximate surface area is 171 Å². The Kier molecular flexibility index (Phi) is 6.09. The van der Waals surface area contributed by atoms with Crippen molar-refractivity contribution in [2.24, 2.45) is 0 Å². The minimum absolute atomic E-state index is 0.0948.